The van der Waals surface area contributed by atoms with E-state index in [-0.39, 0.29) is 29.9 Å². The van der Waals surface area contributed by atoms with Gasteiger partial charge in [-0.05, 0) is 31.2 Å². The fourth-order valence-electron chi connectivity index (χ4n) is 2.83. The maximum Gasteiger partial charge on any atom is 0.416 e. The smallest absolute Gasteiger partial charge is 0.416 e. The van der Waals surface area contributed by atoms with Crippen LogP contribution >= 0.6 is 0 Å². The Bertz CT molecular complexity index is 592. The molecule has 0 aromatic heterocycles. The standard InChI is InChI=1S/C16H21F3N2O3/c1-21-9-12(24-3)7-14(21)15(22)20-8-10-4-5-11(23-2)6-13(10)16(17,18)19/h4-6,12,14H,7-9H2,1-3H3,(H,20,22)/t12-,14-/m0/s1. The van der Waals surface area contributed by atoms with Crippen molar-refractivity contribution in [2.75, 3.05) is 27.8 Å². The van der Waals surface area contributed by atoms with E-state index in [2.05, 4.69) is 5.32 Å². The molecule has 1 aliphatic rings. The zero-order valence-electron chi connectivity index (χ0n) is 13.8. The second kappa shape index (κ2) is 7.40. The van der Waals surface area contributed by atoms with Gasteiger partial charge in [0.15, 0.2) is 0 Å². The van der Waals surface area contributed by atoms with Gasteiger partial charge in [0.1, 0.15) is 5.75 Å². The Morgan fingerprint density at radius 1 is 1.38 bits per heavy atom. The van der Waals surface area contributed by atoms with Gasteiger partial charge in [-0.3, -0.25) is 9.69 Å². The average molecular weight is 346 g/mol. The van der Waals surface area contributed by atoms with Crippen molar-refractivity contribution in [1.29, 1.82) is 0 Å². The minimum atomic E-state index is -4.51. The lowest BCUT2D eigenvalue weighted by Gasteiger charge is -2.19. The number of hydrogen-bond donors (Lipinski definition) is 1. The van der Waals surface area contributed by atoms with Crippen LogP contribution in [-0.4, -0.2) is 50.8 Å². The first-order chi connectivity index (χ1) is 11.3. The molecule has 1 saturated heterocycles. The van der Waals surface area contributed by atoms with Crippen LogP contribution in [-0.2, 0) is 22.3 Å². The van der Waals surface area contributed by atoms with Gasteiger partial charge in [0.05, 0.1) is 24.8 Å². The highest BCUT2D eigenvalue weighted by Crippen LogP contribution is 2.34. The van der Waals surface area contributed by atoms with Crippen LogP contribution in [0.2, 0.25) is 0 Å². The number of benzene rings is 1. The molecule has 24 heavy (non-hydrogen) atoms. The number of likely N-dealkylation sites (tertiary alicyclic amines) is 1. The zero-order chi connectivity index (χ0) is 17.9. The predicted octanol–water partition coefficient (Wildman–Crippen LogP) is 2.05. The van der Waals surface area contributed by atoms with Gasteiger partial charge in [0.2, 0.25) is 5.91 Å². The number of ether oxygens (including phenoxy) is 2. The topological polar surface area (TPSA) is 50.8 Å². The molecule has 134 valence electrons. The maximum atomic E-state index is 13.2. The SMILES string of the molecule is COc1ccc(CNC(=O)[C@@H]2C[C@H](OC)CN2C)c(C(F)(F)F)c1. The monoisotopic (exact) mass is 346 g/mol. The third-order valence-corrected chi connectivity index (χ3v) is 4.22. The van der Waals surface area contributed by atoms with Crippen molar-refractivity contribution in [2.45, 2.75) is 31.3 Å². The Morgan fingerprint density at radius 3 is 2.62 bits per heavy atom. The van der Waals surface area contributed by atoms with E-state index in [4.69, 9.17) is 9.47 Å². The van der Waals surface area contributed by atoms with Crippen LogP contribution in [0.4, 0.5) is 13.2 Å². The molecule has 1 aliphatic heterocycles. The van der Waals surface area contributed by atoms with Crippen LogP contribution in [0.15, 0.2) is 18.2 Å². The molecule has 0 unspecified atom stereocenters. The van der Waals surface area contributed by atoms with Gasteiger partial charge in [0.25, 0.3) is 0 Å². The maximum absolute atomic E-state index is 13.2. The molecule has 0 spiro atoms. The summed E-state index contributed by atoms with van der Waals surface area (Å²) >= 11 is 0. The van der Waals surface area contributed by atoms with Gasteiger partial charge in [-0.25, -0.2) is 0 Å². The molecule has 0 bridgehead atoms. The van der Waals surface area contributed by atoms with Gasteiger partial charge in [-0.2, -0.15) is 13.2 Å². The van der Waals surface area contributed by atoms with E-state index in [0.717, 1.165) is 6.07 Å². The summed E-state index contributed by atoms with van der Waals surface area (Å²) in [6.07, 6.45) is -4.04. The molecule has 1 amide bonds. The molecule has 0 radical (unpaired) electrons. The molecule has 1 aromatic carbocycles. The molecule has 8 heteroatoms. The number of likely N-dealkylation sites (N-methyl/N-ethyl adjacent to an activating group) is 1. The van der Waals surface area contributed by atoms with E-state index < -0.39 is 17.8 Å². The summed E-state index contributed by atoms with van der Waals surface area (Å²) in [5.74, 6) is -0.183. The lowest BCUT2D eigenvalue weighted by atomic mass is 10.1. The molecule has 2 rings (SSSR count). The van der Waals surface area contributed by atoms with E-state index in [1.807, 2.05) is 4.90 Å². The van der Waals surface area contributed by atoms with Crippen molar-refractivity contribution >= 4 is 5.91 Å². The molecule has 0 saturated carbocycles. The van der Waals surface area contributed by atoms with Crippen LogP contribution in [0, 0.1) is 0 Å². The minimum absolute atomic E-state index is 0.000548. The summed E-state index contributed by atoms with van der Waals surface area (Å²) in [7, 11) is 4.67. The van der Waals surface area contributed by atoms with E-state index >= 15 is 0 Å². The van der Waals surface area contributed by atoms with Crippen LogP contribution in [0.25, 0.3) is 0 Å². The van der Waals surface area contributed by atoms with Crippen LogP contribution < -0.4 is 10.1 Å². The Morgan fingerprint density at radius 2 is 2.08 bits per heavy atom. The normalized spacial score (nSPS) is 21.8. The number of amides is 1. The molecule has 1 N–H and O–H groups in total. The number of carbonyl (C=O) groups excluding carboxylic acids is 1. The molecular formula is C16H21F3N2O3. The second-order valence-corrected chi connectivity index (χ2v) is 5.79. The van der Waals surface area contributed by atoms with Gasteiger partial charge >= 0.3 is 6.18 Å². The number of alkyl halides is 3. The van der Waals surface area contributed by atoms with Crippen molar-refractivity contribution in [3.63, 3.8) is 0 Å². The quantitative estimate of drug-likeness (QED) is 0.887. The predicted molar refractivity (Wildman–Crippen MR) is 81.7 cm³/mol. The van der Waals surface area contributed by atoms with Crippen molar-refractivity contribution in [2.24, 2.45) is 0 Å². The number of nitrogens with one attached hydrogen (secondary N) is 1. The van der Waals surface area contributed by atoms with Crippen molar-refractivity contribution < 1.29 is 27.4 Å². The first-order valence-electron chi connectivity index (χ1n) is 7.51. The van der Waals surface area contributed by atoms with Crippen LogP contribution in [0.5, 0.6) is 5.75 Å². The summed E-state index contributed by atoms with van der Waals surface area (Å²) < 4.78 is 49.5. The Kier molecular flexibility index (Phi) is 5.71. The van der Waals surface area contributed by atoms with Gasteiger partial charge in [0, 0.05) is 20.2 Å². The average Bonchev–Trinajstić information content (AvgIpc) is 2.92. The Labute approximate surface area is 138 Å². The Balaban J connectivity index is 2.08. The molecule has 1 aromatic rings. The van der Waals surface area contributed by atoms with E-state index in [1.165, 1.54) is 19.2 Å². The molecule has 5 nitrogen and oxygen atoms in total. The van der Waals surface area contributed by atoms with E-state index in [1.54, 1.807) is 14.2 Å². The molecule has 1 fully saturated rings. The van der Waals surface area contributed by atoms with Crippen LogP contribution in [0.1, 0.15) is 17.5 Å². The summed E-state index contributed by atoms with van der Waals surface area (Å²) in [5, 5.41) is 2.59. The minimum Gasteiger partial charge on any atom is -0.497 e. The number of carbonyl (C=O) groups is 1. The molecule has 2 atom stereocenters. The molecule has 1 heterocycles. The fraction of sp³-hybridized carbons (Fsp3) is 0.562. The highest BCUT2D eigenvalue weighted by Gasteiger charge is 2.36. The lowest BCUT2D eigenvalue weighted by molar-refractivity contribution is -0.138. The number of halogens is 3. The first-order valence-corrected chi connectivity index (χ1v) is 7.51. The van der Waals surface area contributed by atoms with Gasteiger partial charge in [-0.15, -0.1) is 0 Å². The van der Waals surface area contributed by atoms with Crippen molar-refractivity contribution in [3.8, 4) is 5.75 Å². The summed E-state index contributed by atoms with van der Waals surface area (Å²) in [6.45, 7) is 0.421. The summed E-state index contributed by atoms with van der Waals surface area (Å²) in [6, 6.07) is 3.30. The van der Waals surface area contributed by atoms with Gasteiger partial charge in [-0.1, -0.05) is 6.07 Å². The number of hydrogen-bond acceptors (Lipinski definition) is 4. The summed E-state index contributed by atoms with van der Waals surface area (Å²) in [5.41, 5.74) is -0.808. The molecule has 0 aliphatic carbocycles. The van der Waals surface area contributed by atoms with E-state index in [9.17, 15) is 18.0 Å². The van der Waals surface area contributed by atoms with E-state index in [0.29, 0.717) is 13.0 Å². The van der Waals surface area contributed by atoms with Crippen LogP contribution in [0.3, 0.4) is 0 Å². The number of methoxy groups -OCH3 is 2. The Hall–Kier alpha value is -1.80. The largest absolute Gasteiger partial charge is 0.497 e. The second-order valence-electron chi connectivity index (χ2n) is 5.79. The molecular weight excluding hydrogens is 325 g/mol. The zero-order valence-corrected chi connectivity index (χ0v) is 13.8. The van der Waals surface area contributed by atoms with Crippen molar-refractivity contribution in [1.82, 2.24) is 10.2 Å². The first kappa shape index (κ1) is 18.5. The summed E-state index contributed by atoms with van der Waals surface area (Å²) in [4.78, 5) is 14.1. The number of rotatable bonds is 5. The highest BCUT2D eigenvalue weighted by molar-refractivity contribution is 5.82. The highest BCUT2D eigenvalue weighted by atomic mass is 19.4. The third kappa shape index (κ3) is 4.18. The fourth-order valence-corrected chi connectivity index (χ4v) is 2.83. The third-order valence-electron chi connectivity index (χ3n) is 4.22. The van der Waals surface area contributed by atoms with Gasteiger partial charge < -0.3 is 14.8 Å². The lowest BCUT2D eigenvalue weighted by Crippen LogP contribution is -2.41. The number of nitrogens with zero attached hydrogens (tertiary/aromatic N) is 1. The van der Waals surface area contributed by atoms with Crippen molar-refractivity contribution in [3.05, 3.63) is 29.3 Å².